The molecule has 0 radical (unpaired) electrons. The van der Waals surface area contributed by atoms with Crippen LogP contribution < -0.4 is 10.1 Å². The van der Waals surface area contributed by atoms with Gasteiger partial charge in [0.25, 0.3) is 0 Å². The minimum Gasteiger partial charge on any atom is -0.495 e. The highest BCUT2D eigenvalue weighted by molar-refractivity contribution is 5.59. The first-order valence-corrected chi connectivity index (χ1v) is 7.63. The van der Waals surface area contributed by atoms with Crippen molar-refractivity contribution < 1.29 is 4.74 Å². The third-order valence-electron chi connectivity index (χ3n) is 4.40. The van der Waals surface area contributed by atoms with Gasteiger partial charge in [-0.05, 0) is 55.9 Å². The van der Waals surface area contributed by atoms with Crippen LogP contribution in [0.25, 0.3) is 0 Å². The van der Waals surface area contributed by atoms with Crippen molar-refractivity contribution >= 4 is 5.69 Å². The van der Waals surface area contributed by atoms with Gasteiger partial charge in [-0.2, -0.15) is 0 Å². The highest BCUT2D eigenvalue weighted by Gasteiger charge is 2.30. The molecule has 1 aliphatic rings. The molecule has 2 nitrogen and oxygen atoms in total. The number of methoxy groups -OCH3 is 1. The van der Waals surface area contributed by atoms with E-state index in [2.05, 4.69) is 55.6 Å². The van der Waals surface area contributed by atoms with Gasteiger partial charge in [0.1, 0.15) is 5.75 Å². The topological polar surface area (TPSA) is 21.3 Å². The number of aryl methyl sites for hydroxylation is 2. The van der Waals surface area contributed by atoms with Crippen LogP contribution >= 0.6 is 0 Å². The monoisotopic (exact) mass is 281 g/mol. The molecule has 1 aliphatic carbocycles. The molecular weight excluding hydrogens is 258 g/mol. The molecule has 0 heterocycles. The normalized spacial score (nSPS) is 20.7. The Bertz CT molecular complexity index is 612. The molecule has 0 spiro atoms. The lowest BCUT2D eigenvalue weighted by molar-refractivity contribution is 0.370. The summed E-state index contributed by atoms with van der Waals surface area (Å²) < 4.78 is 5.43. The molecule has 3 rings (SSSR count). The summed E-state index contributed by atoms with van der Waals surface area (Å²) in [5.41, 5.74) is 5.17. The number of nitrogens with one attached hydrogen (secondary N) is 1. The van der Waals surface area contributed by atoms with Gasteiger partial charge in [0.15, 0.2) is 0 Å². The Morgan fingerprint density at radius 2 is 1.62 bits per heavy atom. The predicted molar refractivity (Wildman–Crippen MR) is 88.3 cm³/mol. The van der Waals surface area contributed by atoms with E-state index in [4.69, 9.17) is 4.74 Å². The zero-order valence-electron chi connectivity index (χ0n) is 13.0. The van der Waals surface area contributed by atoms with E-state index in [-0.39, 0.29) is 0 Å². The van der Waals surface area contributed by atoms with E-state index in [0.717, 1.165) is 11.4 Å². The van der Waals surface area contributed by atoms with Gasteiger partial charge in [-0.15, -0.1) is 0 Å². The lowest BCUT2D eigenvalue weighted by atomic mass is 9.75. The number of benzene rings is 2. The highest BCUT2D eigenvalue weighted by Crippen LogP contribution is 2.39. The maximum Gasteiger partial charge on any atom is 0.141 e. The summed E-state index contributed by atoms with van der Waals surface area (Å²) in [6, 6.07) is 15.8. The Morgan fingerprint density at radius 1 is 0.952 bits per heavy atom. The van der Waals surface area contributed by atoms with Crippen LogP contribution in [0.3, 0.4) is 0 Å². The fourth-order valence-corrected chi connectivity index (χ4v) is 3.00. The highest BCUT2D eigenvalue weighted by atomic mass is 16.5. The van der Waals surface area contributed by atoms with Crippen LogP contribution in [0.2, 0.25) is 0 Å². The Balaban J connectivity index is 1.62. The molecule has 0 saturated heterocycles. The molecule has 2 aromatic rings. The van der Waals surface area contributed by atoms with Gasteiger partial charge in [-0.25, -0.2) is 0 Å². The first kappa shape index (κ1) is 14.0. The zero-order valence-corrected chi connectivity index (χ0v) is 13.0. The molecule has 0 bridgehead atoms. The zero-order chi connectivity index (χ0) is 14.8. The van der Waals surface area contributed by atoms with Crippen molar-refractivity contribution in [2.75, 3.05) is 12.4 Å². The molecule has 1 fully saturated rings. The Morgan fingerprint density at radius 3 is 2.29 bits per heavy atom. The summed E-state index contributed by atoms with van der Waals surface area (Å²) in [6.45, 7) is 4.25. The Kier molecular flexibility index (Phi) is 3.87. The fourth-order valence-electron chi connectivity index (χ4n) is 3.00. The fraction of sp³-hybridized carbons (Fsp3) is 0.368. The van der Waals surface area contributed by atoms with Crippen molar-refractivity contribution in [2.24, 2.45) is 0 Å². The maximum atomic E-state index is 5.43. The van der Waals surface area contributed by atoms with Crippen LogP contribution in [-0.4, -0.2) is 13.2 Å². The van der Waals surface area contributed by atoms with E-state index in [1.165, 1.54) is 29.5 Å². The van der Waals surface area contributed by atoms with E-state index < -0.39 is 0 Å². The molecule has 1 N–H and O–H groups in total. The van der Waals surface area contributed by atoms with Gasteiger partial charge in [0, 0.05) is 6.04 Å². The number of hydrogen-bond donors (Lipinski definition) is 1. The molecule has 1 saturated carbocycles. The summed E-state index contributed by atoms with van der Waals surface area (Å²) >= 11 is 0. The molecule has 0 aromatic heterocycles. The third-order valence-corrected chi connectivity index (χ3v) is 4.40. The SMILES string of the molecule is COc1ccc(C)cc1NC1CC(c2ccc(C)cc2)C1. The number of anilines is 1. The van der Waals surface area contributed by atoms with Gasteiger partial charge >= 0.3 is 0 Å². The Hall–Kier alpha value is -1.96. The van der Waals surface area contributed by atoms with Crippen LogP contribution in [0.4, 0.5) is 5.69 Å². The second-order valence-corrected chi connectivity index (χ2v) is 6.12. The van der Waals surface area contributed by atoms with E-state index in [1.54, 1.807) is 7.11 Å². The molecule has 2 heteroatoms. The molecule has 110 valence electrons. The minimum absolute atomic E-state index is 0.548. The summed E-state index contributed by atoms with van der Waals surface area (Å²) in [5, 5.41) is 3.62. The average molecular weight is 281 g/mol. The van der Waals surface area contributed by atoms with Gasteiger partial charge in [0.2, 0.25) is 0 Å². The number of ether oxygens (including phenoxy) is 1. The molecule has 0 atom stereocenters. The van der Waals surface area contributed by atoms with E-state index in [9.17, 15) is 0 Å². The van der Waals surface area contributed by atoms with Crippen molar-refractivity contribution in [1.82, 2.24) is 0 Å². The van der Waals surface area contributed by atoms with Crippen molar-refractivity contribution in [3.05, 3.63) is 59.2 Å². The number of rotatable bonds is 4. The van der Waals surface area contributed by atoms with Gasteiger partial charge in [0.05, 0.1) is 12.8 Å². The van der Waals surface area contributed by atoms with Crippen molar-refractivity contribution in [3.63, 3.8) is 0 Å². The standard InChI is InChI=1S/C19H23NO/c1-13-4-7-15(8-5-13)16-11-17(12-16)20-18-10-14(2)6-9-19(18)21-3/h4-10,16-17,20H,11-12H2,1-3H3. The smallest absolute Gasteiger partial charge is 0.141 e. The summed E-state index contributed by atoms with van der Waals surface area (Å²) in [4.78, 5) is 0. The predicted octanol–water partition coefficient (Wildman–Crippen LogP) is 4.67. The molecular formula is C19H23NO. The average Bonchev–Trinajstić information content (AvgIpc) is 2.44. The molecule has 0 aliphatic heterocycles. The molecule has 0 amide bonds. The van der Waals surface area contributed by atoms with Gasteiger partial charge in [-0.1, -0.05) is 35.9 Å². The lowest BCUT2D eigenvalue weighted by Crippen LogP contribution is -2.34. The first-order valence-electron chi connectivity index (χ1n) is 7.63. The van der Waals surface area contributed by atoms with Crippen molar-refractivity contribution in [2.45, 2.75) is 38.6 Å². The second-order valence-electron chi connectivity index (χ2n) is 6.12. The molecule has 2 aromatic carbocycles. The molecule has 21 heavy (non-hydrogen) atoms. The van der Waals surface area contributed by atoms with Crippen molar-refractivity contribution in [1.29, 1.82) is 0 Å². The van der Waals surface area contributed by atoms with Crippen LogP contribution in [0, 0.1) is 13.8 Å². The maximum absolute atomic E-state index is 5.43. The summed E-state index contributed by atoms with van der Waals surface area (Å²) in [7, 11) is 1.73. The van der Waals surface area contributed by atoms with Gasteiger partial charge < -0.3 is 10.1 Å². The second kappa shape index (κ2) is 5.80. The minimum atomic E-state index is 0.548. The van der Waals surface area contributed by atoms with Crippen LogP contribution in [0.5, 0.6) is 5.75 Å². The van der Waals surface area contributed by atoms with Crippen molar-refractivity contribution in [3.8, 4) is 5.75 Å². The summed E-state index contributed by atoms with van der Waals surface area (Å²) in [6.07, 6.45) is 2.39. The summed E-state index contributed by atoms with van der Waals surface area (Å²) in [5.74, 6) is 1.62. The Labute approximate surface area is 127 Å². The van der Waals surface area contributed by atoms with E-state index >= 15 is 0 Å². The van der Waals surface area contributed by atoms with E-state index in [1.807, 2.05) is 6.07 Å². The molecule has 0 unspecified atom stereocenters. The first-order chi connectivity index (χ1) is 10.2. The number of hydrogen-bond acceptors (Lipinski definition) is 2. The lowest BCUT2D eigenvalue weighted by Gasteiger charge is -2.37. The largest absolute Gasteiger partial charge is 0.495 e. The third kappa shape index (κ3) is 3.05. The van der Waals surface area contributed by atoms with E-state index in [0.29, 0.717) is 12.0 Å². The van der Waals surface area contributed by atoms with Crippen LogP contribution in [0.15, 0.2) is 42.5 Å². The quantitative estimate of drug-likeness (QED) is 0.879. The van der Waals surface area contributed by atoms with Crippen LogP contribution in [0.1, 0.15) is 35.4 Å². The van der Waals surface area contributed by atoms with Crippen LogP contribution in [-0.2, 0) is 0 Å². The van der Waals surface area contributed by atoms with Gasteiger partial charge in [-0.3, -0.25) is 0 Å².